The fourth-order valence-electron chi connectivity index (χ4n) is 3.11. The third kappa shape index (κ3) is 3.80. The zero-order valence-corrected chi connectivity index (χ0v) is 13.9. The van der Waals surface area contributed by atoms with E-state index in [1.807, 2.05) is 6.07 Å². The number of hydrogen-bond acceptors (Lipinski definition) is 2. The van der Waals surface area contributed by atoms with Crippen molar-refractivity contribution in [2.24, 2.45) is 11.7 Å². The van der Waals surface area contributed by atoms with Gasteiger partial charge in [0.2, 0.25) is 0 Å². The highest BCUT2D eigenvalue weighted by Crippen LogP contribution is 2.33. The van der Waals surface area contributed by atoms with Crippen LogP contribution in [-0.2, 0) is 0 Å². The van der Waals surface area contributed by atoms with Crippen molar-refractivity contribution < 1.29 is 4.39 Å². The first-order valence-corrected chi connectivity index (χ1v) is 8.23. The lowest BCUT2D eigenvalue weighted by atomic mass is 9.95. The van der Waals surface area contributed by atoms with E-state index in [2.05, 4.69) is 34.7 Å². The highest BCUT2D eigenvalue weighted by atomic mass is 79.9. The quantitative estimate of drug-likeness (QED) is 0.895. The Bertz CT molecular complexity index is 450. The summed E-state index contributed by atoms with van der Waals surface area (Å²) in [5.41, 5.74) is 7.10. The fourth-order valence-corrected chi connectivity index (χ4v) is 3.48. The molecule has 112 valence electrons. The Morgan fingerprint density at radius 3 is 2.85 bits per heavy atom. The number of benzene rings is 1. The van der Waals surface area contributed by atoms with Gasteiger partial charge in [0.15, 0.2) is 0 Å². The molecule has 2 nitrogen and oxygen atoms in total. The largest absolute Gasteiger partial charge is 0.326 e. The summed E-state index contributed by atoms with van der Waals surface area (Å²) >= 11 is 3.45. The molecule has 2 N–H and O–H groups in total. The van der Waals surface area contributed by atoms with Crippen LogP contribution in [0.2, 0.25) is 0 Å². The summed E-state index contributed by atoms with van der Waals surface area (Å²) in [5, 5.41) is 0. The van der Waals surface area contributed by atoms with E-state index >= 15 is 0 Å². The van der Waals surface area contributed by atoms with Crippen molar-refractivity contribution in [3.05, 3.63) is 34.1 Å². The Hall–Kier alpha value is -0.450. The summed E-state index contributed by atoms with van der Waals surface area (Å²) < 4.78 is 15.2. The molecule has 1 heterocycles. The van der Waals surface area contributed by atoms with E-state index in [0.29, 0.717) is 5.92 Å². The van der Waals surface area contributed by atoms with E-state index < -0.39 is 0 Å². The number of hydrogen-bond donors (Lipinski definition) is 1. The molecule has 1 aromatic carbocycles. The molecule has 4 heteroatoms. The van der Waals surface area contributed by atoms with Gasteiger partial charge in [0.1, 0.15) is 5.82 Å². The van der Waals surface area contributed by atoms with Crippen LogP contribution in [0.4, 0.5) is 4.39 Å². The van der Waals surface area contributed by atoms with Gasteiger partial charge in [-0.1, -0.05) is 36.2 Å². The van der Waals surface area contributed by atoms with Crippen LogP contribution in [-0.4, -0.2) is 24.0 Å². The number of nitrogens with zero attached hydrogens (tertiary/aromatic N) is 1. The number of likely N-dealkylation sites (tertiary alicyclic amines) is 1. The van der Waals surface area contributed by atoms with Gasteiger partial charge in [-0.25, -0.2) is 4.39 Å². The van der Waals surface area contributed by atoms with Crippen LogP contribution < -0.4 is 5.73 Å². The van der Waals surface area contributed by atoms with E-state index in [-0.39, 0.29) is 17.9 Å². The SMILES string of the molecule is CC(C)CN1CCCCC(N)C1c1cc(Br)ccc1F. The summed E-state index contributed by atoms with van der Waals surface area (Å²) in [5.74, 6) is 0.405. The van der Waals surface area contributed by atoms with Gasteiger partial charge in [0.05, 0.1) is 6.04 Å². The van der Waals surface area contributed by atoms with Gasteiger partial charge in [0, 0.05) is 22.6 Å². The molecule has 1 aliphatic rings. The molecule has 2 rings (SSSR count). The lowest BCUT2D eigenvalue weighted by molar-refractivity contribution is 0.162. The minimum absolute atomic E-state index is 0.0000463. The smallest absolute Gasteiger partial charge is 0.128 e. The van der Waals surface area contributed by atoms with Crippen molar-refractivity contribution in [3.8, 4) is 0 Å². The Labute approximate surface area is 129 Å². The summed E-state index contributed by atoms with van der Waals surface area (Å²) in [6.07, 6.45) is 3.24. The van der Waals surface area contributed by atoms with E-state index in [1.54, 1.807) is 6.07 Å². The molecule has 1 fully saturated rings. The molecule has 1 aliphatic heterocycles. The number of rotatable bonds is 3. The van der Waals surface area contributed by atoms with Crippen molar-refractivity contribution in [1.29, 1.82) is 0 Å². The second-order valence-corrected chi connectivity index (χ2v) is 7.07. The predicted molar refractivity (Wildman–Crippen MR) is 85.1 cm³/mol. The second-order valence-electron chi connectivity index (χ2n) is 6.16. The van der Waals surface area contributed by atoms with Crippen LogP contribution in [0.15, 0.2) is 22.7 Å². The molecule has 0 spiro atoms. The van der Waals surface area contributed by atoms with Crippen molar-refractivity contribution in [2.45, 2.75) is 45.2 Å². The van der Waals surface area contributed by atoms with Crippen molar-refractivity contribution in [1.82, 2.24) is 4.90 Å². The first-order valence-electron chi connectivity index (χ1n) is 7.43. The summed E-state index contributed by atoms with van der Waals surface area (Å²) in [6, 6.07) is 5.15. The second kappa shape index (κ2) is 7.01. The first kappa shape index (κ1) is 15.9. The molecule has 0 bridgehead atoms. The molecule has 0 saturated carbocycles. The first-order chi connectivity index (χ1) is 9.49. The maximum absolute atomic E-state index is 14.3. The molecule has 20 heavy (non-hydrogen) atoms. The van der Waals surface area contributed by atoms with Gasteiger partial charge in [-0.05, 0) is 43.5 Å². The molecule has 0 amide bonds. The molecular weight excluding hydrogens is 319 g/mol. The van der Waals surface area contributed by atoms with Crippen LogP contribution in [0.5, 0.6) is 0 Å². The van der Waals surface area contributed by atoms with E-state index in [4.69, 9.17) is 5.73 Å². The molecular formula is C16H24BrFN2. The third-order valence-electron chi connectivity index (χ3n) is 3.91. The van der Waals surface area contributed by atoms with Crippen LogP contribution in [0, 0.1) is 11.7 Å². The van der Waals surface area contributed by atoms with E-state index in [9.17, 15) is 4.39 Å². The van der Waals surface area contributed by atoms with Crippen molar-refractivity contribution in [3.63, 3.8) is 0 Å². The topological polar surface area (TPSA) is 29.3 Å². The summed E-state index contributed by atoms with van der Waals surface area (Å²) in [4.78, 5) is 2.37. The Morgan fingerprint density at radius 2 is 2.15 bits per heavy atom. The van der Waals surface area contributed by atoms with E-state index in [0.717, 1.165) is 42.4 Å². The monoisotopic (exact) mass is 342 g/mol. The molecule has 0 aliphatic carbocycles. The third-order valence-corrected chi connectivity index (χ3v) is 4.40. The van der Waals surface area contributed by atoms with Gasteiger partial charge in [-0.15, -0.1) is 0 Å². The van der Waals surface area contributed by atoms with Gasteiger partial charge in [0.25, 0.3) is 0 Å². The van der Waals surface area contributed by atoms with Crippen LogP contribution in [0.25, 0.3) is 0 Å². The van der Waals surface area contributed by atoms with E-state index in [1.165, 1.54) is 6.07 Å². The van der Waals surface area contributed by atoms with Crippen LogP contribution in [0.3, 0.4) is 0 Å². The fraction of sp³-hybridized carbons (Fsp3) is 0.625. The minimum Gasteiger partial charge on any atom is -0.326 e. The minimum atomic E-state index is -0.149. The normalized spacial score (nSPS) is 24.9. The van der Waals surface area contributed by atoms with Gasteiger partial charge in [-0.3, -0.25) is 4.90 Å². The molecule has 0 radical (unpaired) electrons. The van der Waals surface area contributed by atoms with Crippen LogP contribution in [0.1, 0.15) is 44.7 Å². The Kier molecular flexibility index (Phi) is 5.58. The highest BCUT2D eigenvalue weighted by molar-refractivity contribution is 9.10. The van der Waals surface area contributed by atoms with Crippen molar-refractivity contribution in [2.75, 3.05) is 13.1 Å². The maximum Gasteiger partial charge on any atom is 0.128 e. The van der Waals surface area contributed by atoms with Crippen LogP contribution >= 0.6 is 15.9 Å². The lowest BCUT2D eigenvalue weighted by Crippen LogP contribution is -2.41. The Balaban J connectivity index is 2.36. The number of nitrogens with two attached hydrogens (primary N) is 1. The molecule has 0 aromatic heterocycles. The molecule has 2 atom stereocenters. The summed E-state index contributed by atoms with van der Waals surface area (Å²) in [7, 11) is 0. The van der Waals surface area contributed by atoms with Crippen molar-refractivity contribution >= 4 is 15.9 Å². The zero-order valence-electron chi connectivity index (χ0n) is 12.3. The predicted octanol–water partition coefficient (Wildman–Crippen LogP) is 4.10. The Morgan fingerprint density at radius 1 is 1.40 bits per heavy atom. The lowest BCUT2D eigenvalue weighted by Gasteiger charge is -2.35. The van der Waals surface area contributed by atoms with Gasteiger partial charge < -0.3 is 5.73 Å². The highest BCUT2D eigenvalue weighted by Gasteiger charge is 2.31. The summed E-state index contributed by atoms with van der Waals surface area (Å²) in [6.45, 7) is 6.36. The molecule has 2 unspecified atom stereocenters. The zero-order chi connectivity index (χ0) is 14.7. The van der Waals surface area contributed by atoms with Gasteiger partial charge in [-0.2, -0.15) is 0 Å². The van der Waals surface area contributed by atoms with Gasteiger partial charge >= 0.3 is 0 Å². The number of halogens is 2. The molecule has 1 saturated heterocycles. The average molecular weight is 343 g/mol. The molecule has 1 aromatic rings. The standard InChI is InChI=1S/C16H24BrFN2/c1-11(2)10-20-8-4-3-5-15(19)16(20)13-9-12(17)6-7-14(13)18/h6-7,9,11,15-16H,3-5,8,10,19H2,1-2H3. The maximum atomic E-state index is 14.3. The average Bonchev–Trinajstić information content (AvgIpc) is 2.54.